The van der Waals surface area contributed by atoms with Gasteiger partial charge in [-0.3, -0.25) is 9.48 Å². The van der Waals surface area contributed by atoms with Gasteiger partial charge in [0.1, 0.15) is 5.69 Å². The van der Waals surface area contributed by atoms with E-state index in [1.807, 2.05) is 20.8 Å². The van der Waals surface area contributed by atoms with Crippen LogP contribution in [0.15, 0.2) is 0 Å². The monoisotopic (exact) mass is 280 g/mol. The van der Waals surface area contributed by atoms with Crippen LogP contribution in [-0.4, -0.2) is 21.7 Å². The summed E-state index contributed by atoms with van der Waals surface area (Å²) in [6.07, 6.45) is 5.87. The third kappa shape index (κ3) is 4.25. The van der Waals surface area contributed by atoms with Gasteiger partial charge in [-0.15, -0.1) is 0 Å². The number of hydrogen-bond donors (Lipinski definition) is 2. The number of anilines is 1. The molecule has 0 aliphatic rings. The van der Waals surface area contributed by atoms with E-state index in [2.05, 4.69) is 17.3 Å². The summed E-state index contributed by atoms with van der Waals surface area (Å²) in [4.78, 5) is 12.3. The maximum atomic E-state index is 12.3. The second-order valence-electron chi connectivity index (χ2n) is 5.39. The van der Waals surface area contributed by atoms with Crippen molar-refractivity contribution >= 4 is 11.6 Å². The van der Waals surface area contributed by atoms with E-state index in [0.717, 1.165) is 12.8 Å². The minimum Gasteiger partial charge on any atom is -0.395 e. The summed E-state index contributed by atoms with van der Waals surface area (Å²) in [5, 5.41) is 7.30. The Morgan fingerprint density at radius 3 is 2.65 bits per heavy atom. The highest BCUT2D eigenvalue weighted by Crippen LogP contribution is 2.16. The topological polar surface area (TPSA) is 72.9 Å². The Bertz CT molecular complexity index is 439. The molecule has 5 heteroatoms. The Kier molecular flexibility index (Phi) is 6.55. The Hall–Kier alpha value is -1.52. The summed E-state index contributed by atoms with van der Waals surface area (Å²) in [7, 11) is 0. The molecule has 1 unspecified atom stereocenters. The summed E-state index contributed by atoms with van der Waals surface area (Å²) >= 11 is 0. The van der Waals surface area contributed by atoms with Gasteiger partial charge >= 0.3 is 0 Å². The molecular formula is C15H28N4O. The zero-order chi connectivity index (χ0) is 15.1. The van der Waals surface area contributed by atoms with Crippen LogP contribution in [0.2, 0.25) is 0 Å². The molecule has 0 fully saturated rings. The first-order valence-corrected chi connectivity index (χ1v) is 7.64. The van der Waals surface area contributed by atoms with E-state index in [0.29, 0.717) is 23.6 Å². The van der Waals surface area contributed by atoms with E-state index in [1.54, 1.807) is 4.68 Å². The predicted octanol–water partition coefficient (Wildman–Crippen LogP) is 2.88. The molecule has 0 saturated heterocycles. The van der Waals surface area contributed by atoms with Crippen molar-refractivity contribution in [1.82, 2.24) is 15.1 Å². The SMILES string of the molecule is CCCCCCC(C)NC(=O)c1c(N)c(C)nn1CC. The fourth-order valence-corrected chi connectivity index (χ4v) is 2.31. The van der Waals surface area contributed by atoms with Gasteiger partial charge in [0.15, 0.2) is 0 Å². The highest BCUT2D eigenvalue weighted by atomic mass is 16.2. The van der Waals surface area contributed by atoms with Crippen molar-refractivity contribution < 1.29 is 4.79 Å². The molecule has 1 atom stereocenters. The number of aromatic nitrogens is 2. The van der Waals surface area contributed by atoms with Crippen LogP contribution < -0.4 is 11.1 Å². The molecule has 0 aromatic carbocycles. The number of carbonyl (C=O) groups is 1. The second-order valence-corrected chi connectivity index (χ2v) is 5.39. The fraction of sp³-hybridized carbons (Fsp3) is 0.733. The van der Waals surface area contributed by atoms with Crippen molar-refractivity contribution in [3.05, 3.63) is 11.4 Å². The summed E-state index contributed by atoms with van der Waals surface area (Å²) in [6.45, 7) is 8.66. The molecule has 1 heterocycles. The molecule has 1 aromatic rings. The van der Waals surface area contributed by atoms with Gasteiger partial charge in [0, 0.05) is 12.6 Å². The summed E-state index contributed by atoms with van der Waals surface area (Å²) in [6, 6.07) is 0.166. The van der Waals surface area contributed by atoms with Gasteiger partial charge in [-0.05, 0) is 27.2 Å². The van der Waals surface area contributed by atoms with Gasteiger partial charge in [-0.2, -0.15) is 5.10 Å². The number of amides is 1. The molecule has 1 aromatic heterocycles. The molecule has 0 bridgehead atoms. The molecule has 3 N–H and O–H groups in total. The molecule has 5 nitrogen and oxygen atoms in total. The highest BCUT2D eigenvalue weighted by molar-refractivity contribution is 5.98. The lowest BCUT2D eigenvalue weighted by Gasteiger charge is -2.14. The Morgan fingerprint density at radius 2 is 2.05 bits per heavy atom. The van der Waals surface area contributed by atoms with Crippen LogP contribution in [0.3, 0.4) is 0 Å². The maximum Gasteiger partial charge on any atom is 0.271 e. The van der Waals surface area contributed by atoms with Crippen LogP contribution in [0.25, 0.3) is 0 Å². The smallest absolute Gasteiger partial charge is 0.271 e. The largest absolute Gasteiger partial charge is 0.395 e. The van der Waals surface area contributed by atoms with Crippen LogP contribution in [0.1, 0.15) is 69.1 Å². The van der Waals surface area contributed by atoms with Gasteiger partial charge in [0.2, 0.25) is 0 Å². The second kappa shape index (κ2) is 7.92. The molecule has 20 heavy (non-hydrogen) atoms. The van der Waals surface area contributed by atoms with Crippen LogP contribution in [-0.2, 0) is 6.54 Å². The number of rotatable bonds is 8. The first-order valence-electron chi connectivity index (χ1n) is 7.64. The van der Waals surface area contributed by atoms with Gasteiger partial charge in [0.25, 0.3) is 5.91 Å². The maximum absolute atomic E-state index is 12.3. The first kappa shape index (κ1) is 16.5. The minimum absolute atomic E-state index is 0.118. The third-order valence-electron chi connectivity index (χ3n) is 3.56. The van der Waals surface area contributed by atoms with Crippen LogP contribution in [0.5, 0.6) is 0 Å². The summed E-state index contributed by atoms with van der Waals surface area (Å²) < 4.78 is 1.67. The average molecular weight is 280 g/mol. The average Bonchev–Trinajstić information content (AvgIpc) is 2.70. The summed E-state index contributed by atoms with van der Waals surface area (Å²) in [5.41, 5.74) is 7.65. The molecular weight excluding hydrogens is 252 g/mol. The zero-order valence-corrected chi connectivity index (χ0v) is 13.2. The predicted molar refractivity (Wildman–Crippen MR) is 82.7 cm³/mol. The highest BCUT2D eigenvalue weighted by Gasteiger charge is 2.20. The normalized spacial score (nSPS) is 12.4. The number of carbonyl (C=O) groups excluding carboxylic acids is 1. The van der Waals surface area contributed by atoms with Gasteiger partial charge < -0.3 is 11.1 Å². The molecule has 0 saturated carbocycles. The molecule has 114 valence electrons. The molecule has 0 radical (unpaired) electrons. The van der Waals surface area contributed by atoms with Crippen molar-refractivity contribution in [2.45, 2.75) is 72.4 Å². The van der Waals surface area contributed by atoms with Gasteiger partial charge in [0.05, 0.1) is 11.4 Å². The van der Waals surface area contributed by atoms with Crippen molar-refractivity contribution in [3.8, 4) is 0 Å². The van der Waals surface area contributed by atoms with E-state index < -0.39 is 0 Å². The van der Waals surface area contributed by atoms with Gasteiger partial charge in [-0.25, -0.2) is 0 Å². The van der Waals surface area contributed by atoms with Crippen LogP contribution >= 0.6 is 0 Å². The van der Waals surface area contributed by atoms with E-state index in [-0.39, 0.29) is 11.9 Å². The molecule has 1 rings (SSSR count). The minimum atomic E-state index is -0.118. The molecule has 0 spiro atoms. The number of hydrogen-bond acceptors (Lipinski definition) is 3. The number of nitrogens with zero attached hydrogens (tertiary/aromatic N) is 2. The molecule has 1 amide bonds. The lowest BCUT2D eigenvalue weighted by atomic mass is 10.1. The van der Waals surface area contributed by atoms with Crippen LogP contribution in [0, 0.1) is 6.92 Å². The fourth-order valence-electron chi connectivity index (χ4n) is 2.31. The molecule has 0 aliphatic heterocycles. The van der Waals surface area contributed by atoms with Gasteiger partial charge in [-0.1, -0.05) is 32.6 Å². The number of nitrogen functional groups attached to an aromatic ring is 1. The number of aryl methyl sites for hydroxylation is 2. The van der Waals surface area contributed by atoms with E-state index in [1.165, 1.54) is 19.3 Å². The summed E-state index contributed by atoms with van der Waals surface area (Å²) in [5.74, 6) is -0.118. The number of nitrogens with one attached hydrogen (secondary N) is 1. The third-order valence-corrected chi connectivity index (χ3v) is 3.56. The zero-order valence-electron chi connectivity index (χ0n) is 13.2. The Labute approximate surface area is 121 Å². The van der Waals surface area contributed by atoms with Crippen molar-refractivity contribution in [2.24, 2.45) is 0 Å². The Balaban J connectivity index is 2.58. The molecule has 0 aliphatic carbocycles. The van der Waals surface area contributed by atoms with Crippen molar-refractivity contribution in [3.63, 3.8) is 0 Å². The number of nitrogens with two attached hydrogens (primary N) is 1. The Morgan fingerprint density at radius 1 is 1.35 bits per heavy atom. The lowest BCUT2D eigenvalue weighted by molar-refractivity contribution is 0.0928. The van der Waals surface area contributed by atoms with Crippen LogP contribution in [0.4, 0.5) is 5.69 Å². The standard InChI is InChI=1S/C15H28N4O/c1-5-7-8-9-10-11(3)17-15(20)14-13(16)12(4)18-19(14)6-2/h11H,5-10,16H2,1-4H3,(H,17,20). The van der Waals surface area contributed by atoms with Crippen molar-refractivity contribution in [1.29, 1.82) is 0 Å². The quantitative estimate of drug-likeness (QED) is 0.719. The van der Waals surface area contributed by atoms with E-state index in [9.17, 15) is 4.79 Å². The van der Waals surface area contributed by atoms with E-state index in [4.69, 9.17) is 5.73 Å². The first-order chi connectivity index (χ1) is 9.51. The van der Waals surface area contributed by atoms with E-state index >= 15 is 0 Å². The number of unbranched alkanes of at least 4 members (excludes halogenated alkanes) is 3. The lowest BCUT2D eigenvalue weighted by Crippen LogP contribution is -2.34. The van der Waals surface area contributed by atoms with Crippen molar-refractivity contribution in [2.75, 3.05) is 5.73 Å².